The smallest absolute Gasteiger partial charge is 0.245 e. The van der Waals surface area contributed by atoms with E-state index in [2.05, 4.69) is 15.5 Å². The molecule has 1 fully saturated rings. The molecule has 2 rings (SSSR count). The van der Waals surface area contributed by atoms with E-state index in [0.29, 0.717) is 5.95 Å². The molecule has 2 unspecified atom stereocenters. The van der Waals surface area contributed by atoms with Gasteiger partial charge in [0.25, 0.3) is 0 Å². The van der Waals surface area contributed by atoms with Gasteiger partial charge in [-0.15, -0.1) is 0 Å². The molecule has 0 bridgehead atoms. The van der Waals surface area contributed by atoms with Crippen LogP contribution in [0.1, 0.15) is 25.7 Å². The highest BCUT2D eigenvalue weighted by Crippen LogP contribution is 2.24. The van der Waals surface area contributed by atoms with Gasteiger partial charge in [-0.25, -0.2) is 4.68 Å². The average molecular weight is 211 g/mol. The van der Waals surface area contributed by atoms with Gasteiger partial charge in [0, 0.05) is 14.1 Å². The summed E-state index contributed by atoms with van der Waals surface area (Å²) in [5.74, 6) is 0.709. The van der Waals surface area contributed by atoms with E-state index in [4.69, 9.17) is 0 Å². The van der Waals surface area contributed by atoms with Gasteiger partial charge in [-0.1, -0.05) is 17.9 Å². The predicted octanol–water partition coefficient (Wildman–Crippen LogP) is -0.0502. The number of aliphatic hydroxyl groups is 1. The second-order valence-electron chi connectivity index (χ2n) is 4.13. The molecule has 1 aliphatic carbocycles. The standard InChI is InChI=1S/C9H17N5O/c1-13(9-10-11-12-14(9)2)7-5-3-4-6-8(7)15/h7-8,15H,3-6H2,1-2H3. The number of aryl methyl sites for hydroxylation is 1. The van der Waals surface area contributed by atoms with Crippen LogP contribution in [0.3, 0.4) is 0 Å². The summed E-state index contributed by atoms with van der Waals surface area (Å²) in [7, 11) is 3.74. The minimum Gasteiger partial charge on any atom is -0.391 e. The van der Waals surface area contributed by atoms with Gasteiger partial charge in [0.1, 0.15) is 0 Å². The summed E-state index contributed by atoms with van der Waals surface area (Å²) in [6, 6.07) is 0.142. The summed E-state index contributed by atoms with van der Waals surface area (Å²) in [6.45, 7) is 0. The molecule has 2 atom stereocenters. The van der Waals surface area contributed by atoms with Gasteiger partial charge in [-0.2, -0.15) is 0 Å². The SMILES string of the molecule is CN(c1nnnn1C)C1CCCCC1O. The molecule has 1 saturated carbocycles. The second-order valence-corrected chi connectivity index (χ2v) is 4.13. The van der Waals surface area contributed by atoms with Crippen molar-refractivity contribution in [2.24, 2.45) is 7.05 Å². The normalized spacial score (nSPS) is 26.6. The van der Waals surface area contributed by atoms with E-state index in [1.165, 1.54) is 0 Å². The summed E-state index contributed by atoms with van der Waals surface area (Å²) in [6.07, 6.45) is 3.89. The van der Waals surface area contributed by atoms with E-state index in [1.807, 2.05) is 11.9 Å². The fourth-order valence-corrected chi connectivity index (χ4v) is 2.22. The van der Waals surface area contributed by atoms with Crippen LogP contribution in [-0.2, 0) is 7.05 Å². The van der Waals surface area contributed by atoms with Crippen molar-refractivity contribution < 1.29 is 5.11 Å². The highest BCUT2D eigenvalue weighted by Gasteiger charge is 2.28. The first kappa shape index (κ1) is 10.4. The molecule has 0 amide bonds. The molecule has 15 heavy (non-hydrogen) atoms. The van der Waals surface area contributed by atoms with Gasteiger partial charge in [0.15, 0.2) is 0 Å². The number of rotatable bonds is 2. The van der Waals surface area contributed by atoms with Gasteiger partial charge in [0.2, 0.25) is 5.95 Å². The van der Waals surface area contributed by atoms with Crippen LogP contribution < -0.4 is 4.90 Å². The highest BCUT2D eigenvalue weighted by atomic mass is 16.3. The van der Waals surface area contributed by atoms with E-state index in [1.54, 1.807) is 11.7 Å². The number of likely N-dealkylation sites (N-methyl/N-ethyl adjacent to an activating group) is 1. The van der Waals surface area contributed by atoms with Crippen LogP contribution >= 0.6 is 0 Å². The molecule has 0 aromatic carbocycles. The largest absolute Gasteiger partial charge is 0.391 e. The number of hydrogen-bond donors (Lipinski definition) is 1. The van der Waals surface area contributed by atoms with E-state index < -0.39 is 0 Å². The minimum absolute atomic E-state index is 0.142. The van der Waals surface area contributed by atoms with Crippen molar-refractivity contribution in [3.05, 3.63) is 0 Å². The molecule has 0 spiro atoms. The summed E-state index contributed by atoms with van der Waals surface area (Å²) >= 11 is 0. The fraction of sp³-hybridized carbons (Fsp3) is 0.889. The van der Waals surface area contributed by atoms with Crippen molar-refractivity contribution in [2.75, 3.05) is 11.9 Å². The van der Waals surface area contributed by atoms with Gasteiger partial charge in [-0.3, -0.25) is 0 Å². The molecule has 1 N–H and O–H groups in total. The van der Waals surface area contributed by atoms with Crippen LogP contribution in [0.2, 0.25) is 0 Å². The Morgan fingerprint density at radius 2 is 2.13 bits per heavy atom. The van der Waals surface area contributed by atoms with Crippen LogP contribution in [0.5, 0.6) is 0 Å². The monoisotopic (exact) mass is 211 g/mol. The predicted molar refractivity (Wildman–Crippen MR) is 55.5 cm³/mol. The lowest BCUT2D eigenvalue weighted by atomic mass is 9.92. The minimum atomic E-state index is -0.263. The molecule has 6 nitrogen and oxygen atoms in total. The Bertz CT molecular complexity index is 326. The summed E-state index contributed by atoms with van der Waals surface area (Å²) < 4.78 is 1.63. The zero-order valence-corrected chi connectivity index (χ0v) is 9.17. The Labute approximate surface area is 88.9 Å². The third-order valence-electron chi connectivity index (χ3n) is 3.10. The van der Waals surface area contributed by atoms with Gasteiger partial charge in [-0.05, 0) is 23.3 Å². The van der Waals surface area contributed by atoms with Crippen molar-refractivity contribution in [1.82, 2.24) is 20.2 Å². The Kier molecular flexibility index (Phi) is 2.86. The lowest BCUT2D eigenvalue weighted by molar-refractivity contribution is 0.105. The van der Waals surface area contributed by atoms with Crippen LogP contribution in [0.15, 0.2) is 0 Å². The van der Waals surface area contributed by atoms with Gasteiger partial charge < -0.3 is 10.0 Å². The number of aliphatic hydroxyl groups excluding tert-OH is 1. The first-order chi connectivity index (χ1) is 7.20. The maximum absolute atomic E-state index is 9.91. The third kappa shape index (κ3) is 1.94. The number of hydrogen-bond acceptors (Lipinski definition) is 5. The molecule has 6 heteroatoms. The number of tetrazole rings is 1. The highest BCUT2D eigenvalue weighted by molar-refractivity contribution is 5.29. The molecular weight excluding hydrogens is 194 g/mol. The second kappa shape index (κ2) is 4.14. The van der Waals surface area contributed by atoms with E-state index in [-0.39, 0.29) is 12.1 Å². The molecular formula is C9H17N5O. The fourth-order valence-electron chi connectivity index (χ4n) is 2.22. The Hall–Kier alpha value is -1.17. The van der Waals surface area contributed by atoms with Crippen molar-refractivity contribution in [3.8, 4) is 0 Å². The van der Waals surface area contributed by atoms with Crippen molar-refractivity contribution >= 4 is 5.95 Å². The van der Waals surface area contributed by atoms with Crippen molar-refractivity contribution in [3.63, 3.8) is 0 Å². The number of aromatic nitrogens is 4. The average Bonchev–Trinajstić information content (AvgIpc) is 2.64. The van der Waals surface area contributed by atoms with Crippen LogP contribution in [0.4, 0.5) is 5.95 Å². The van der Waals surface area contributed by atoms with Gasteiger partial charge >= 0.3 is 0 Å². The molecule has 1 aromatic rings. The van der Waals surface area contributed by atoms with E-state index >= 15 is 0 Å². The first-order valence-electron chi connectivity index (χ1n) is 5.33. The molecule has 1 heterocycles. The van der Waals surface area contributed by atoms with Crippen molar-refractivity contribution in [2.45, 2.75) is 37.8 Å². The van der Waals surface area contributed by atoms with Crippen molar-refractivity contribution in [1.29, 1.82) is 0 Å². The number of anilines is 1. The Morgan fingerprint density at radius 3 is 2.73 bits per heavy atom. The maximum atomic E-state index is 9.91. The Morgan fingerprint density at radius 1 is 1.40 bits per heavy atom. The Balaban J connectivity index is 2.13. The maximum Gasteiger partial charge on any atom is 0.245 e. The molecule has 1 aliphatic rings. The topological polar surface area (TPSA) is 67.1 Å². The summed E-state index contributed by atoms with van der Waals surface area (Å²) in [5, 5.41) is 21.2. The lowest BCUT2D eigenvalue weighted by Crippen LogP contribution is -2.44. The molecule has 0 saturated heterocycles. The quantitative estimate of drug-likeness (QED) is 0.743. The molecule has 0 radical (unpaired) electrons. The van der Waals surface area contributed by atoms with Crippen LogP contribution in [0, 0.1) is 0 Å². The molecule has 0 aliphatic heterocycles. The van der Waals surface area contributed by atoms with Crippen LogP contribution in [-0.4, -0.2) is 44.5 Å². The zero-order valence-electron chi connectivity index (χ0n) is 9.17. The number of nitrogens with zero attached hydrogens (tertiary/aromatic N) is 5. The zero-order chi connectivity index (χ0) is 10.8. The first-order valence-corrected chi connectivity index (χ1v) is 5.33. The van der Waals surface area contributed by atoms with E-state index in [0.717, 1.165) is 25.7 Å². The molecule has 84 valence electrons. The lowest BCUT2D eigenvalue weighted by Gasteiger charge is -2.34. The van der Waals surface area contributed by atoms with E-state index in [9.17, 15) is 5.11 Å². The summed E-state index contributed by atoms with van der Waals surface area (Å²) in [5.41, 5.74) is 0. The third-order valence-corrected chi connectivity index (χ3v) is 3.10. The molecule has 1 aromatic heterocycles. The summed E-state index contributed by atoms with van der Waals surface area (Å²) in [4.78, 5) is 1.98. The van der Waals surface area contributed by atoms with Crippen LogP contribution in [0.25, 0.3) is 0 Å². The van der Waals surface area contributed by atoms with Gasteiger partial charge in [0.05, 0.1) is 12.1 Å².